The van der Waals surface area contributed by atoms with Gasteiger partial charge in [-0.2, -0.15) is 14.0 Å². The zero-order chi connectivity index (χ0) is 23.9. The first-order valence-electron chi connectivity index (χ1n) is 10.7. The molecule has 1 fully saturated rings. The molecule has 0 bridgehead atoms. The van der Waals surface area contributed by atoms with E-state index >= 15 is 8.78 Å². The van der Waals surface area contributed by atoms with E-state index in [0.717, 1.165) is 0 Å². The highest BCUT2D eigenvalue weighted by Crippen LogP contribution is 2.54. The largest absolute Gasteiger partial charge is 0.487 e. The number of anilines is 1. The summed E-state index contributed by atoms with van der Waals surface area (Å²) in [5.41, 5.74) is 4.52. The predicted molar refractivity (Wildman–Crippen MR) is 116 cm³/mol. The van der Waals surface area contributed by atoms with Crippen molar-refractivity contribution in [2.45, 2.75) is 30.4 Å². The first-order valence-corrected chi connectivity index (χ1v) is 10.7. The van der Waals surface area contributed by atoms with E-state index in [1.54, 1.807) is 6.07 Å². The molecule has 34 heavy (non-hydrogen) atoms. The number of nitrogens with zero attached hydrogens (tertiary/aromatic N) is 3. The van der Waals surface area contributed by atoms with Crippen LogP contribution < -0.4 is 15.8 Å². The number of nitrogens with two attached hydrogens (primary N) is 1. The van der Waals surface area contributed by atoms with Gasteiger partial charge in [0.1, 0.15) is 23.6 Å². The first-order chi connectivity index (χ1) is 16.3. The maximum atomic E-state index is 15.6. The smallest absolute Gasteiger partial charge is 0.310 e. The van der Waals surface area contributed by atoms with E-state index in [1.165, 1.54) is 30.5 Å². The number of amides is 1. The number of amidine groups is 1. The minimum absolute atomic E-state index is 0.0142. The number of aromatic nitrogens is 1. The van der Waals surface area contributed by atoms with E-state index in [-0.39, 0.29) is 47.7 Å². The third kappa shape index (κ3) is 3.70. The van der Waals surface area contributed by atoms with Crippen LogP contribution in [0.25, 0.3) is 0 Å². The number of fused-ring (bicyclic) bond motifs is 3. The Hall–Kier alpha value is -3.78. The van der Waals surface area contributed by atoms with Crippen LogP contribution in [0.3, 0.4) is 0 Å². The van der Waals surface area contributed by atoms with Crippen molar-refractivity contribution in [3.63, 3.8) is 0 Å². The third-order valence-corrected chi connectivity index (χ3v) is 6.39. The molecule has 3 atom stereocenters. The van der Waals surface area contributed by atoms with Crippen molar-refractivity contribution in [2.24, 2.45) is 16.6 Å². The molecule has 11 heteroatoms. The Bertz CT molecular complexity index is 1200. The Morgan fingerprint density at radius 2 is 2.15 bits per heavy atom. The number of hydrogen-bond donors (Lipinski definition) is 2. The Balaban J connectivity index is 1.56. The lowest BCUT2D eigenvalue weighted by molar-refractivity contribution is -0.134. The van der Waals surface area contributed by atoms with Crippen LogP contribution in [0.2, 0.25) is 0 Å². The van der Waals surface area contributed by atoms with Crippen molar-refractivity contribution < 1.29 is 27.8 Å². The van der Waals surface area contributed by atoms with Gasteiger partial charge in [0.05, 0.1) is 12.2 Å². The van der Waals surface area contributed by atoms with Crippen molar-refractivity contribution in [1.82, 2.24) is 4.98 Å². The number of nitrogens with one attached hydrogen (secondary N) is 1. The molecule has 0 saturated carbocycles. The highest BCUT2D eigenvalue weighted by atomic mass is 19.3. The molecular formula is C23H21F2N5O4. The maximum Gasteiger partial charge on any atom is 0.310 e. The third-order valence-electron chi connectivity index (χ3n) is 6.39. The number of alkyl halides is 2. The summed E-state index contributed by atoms with van der Waals surface area (Å²) < 4.78 is 47.7. The van der Waals surface area contributed by atoms with Gasteiger partial charge in [-0.15, -0.1) is 0 Å². The molecule has 1 amide bonds. The van der Waals surface area contributed by atoms with Crippen LogP contribution in [0.5, 0.6) is 5.75 Å². The summed E-state index contributed by atoms with van der Waals surface area (Å²) in [4.78, 5) is 20.8. The fourth-order valence-electron chi connectivity index (χ4n) is 4.63. The van der Waals surface area contributed by atoms with E-state index in [4.69, 9.17) is 25.2 Å². The number of carbonyl (C=O) groups excluding carboxylic acids is 1. The molecule has 1 saturated heterocycles. The Morgan fingerprint density at radius 3 is 2.91 bits per heavy atom. The SMILES string of the molecule is N#Cc1ccc(C(=O)Nc2ccc3c(c2)[C@@]2(CC4CCOCC4O3)N=C(N)OCC2(F)F)nc1. The number of aliphatic imine (C=N–C) groups is 1. The minimum atomic E-state index is -3.38. The molecule has 1 aromatic heterocycles. The number of benzene rings is 1. The second-order valence-electron chi connectivity index (χ2n) is 8.50. The molecule has 0 aliphatic carbocycles. The fraction of sp³-hybridized carbons (Fsp3) is 0.391. The molecule has 9 nitrogen and oxygen atoms in total. The van der Waals surface area contributed by atoms with Crippen LogP contribution >= 0.6 is 0 Å². The lowest BCUT2D eigenvalue weighted by Gasteiger charge is -2.41. The van der Waals surface area contributed by atoms with Gasteiger partial charge in [0.25, 0.3) is 11.9 Å². The fourth-order valence-corrected chi connectivity index (χ4v) is 4.63. The molecule has 3 N–H and O–H groups in total. The molecular weight excluding hydrogens is 448 g/mol. The minimum Gasteiger partial charge on any atom is -0.487 e. The molecule has 2 aromatic rings. The molecule has 1 aromatic carbocycles. The lowest BCUT2D eigenvalue weighted by Crippen LogP contribution is -2.54. The van der Waals surface area contributed by atoms with E-state index < -0.39 is 30.1 Å². The van der Waals surface area contributed by atoms with Crippen LogP contribution in [0.4, 0.5) is 14.5 Å². The van der Waals surface area contributed by atoms with E-state index in [0.29, 0.717) is 18.6 Å². The van der Waals surface area contributed by atoms with Gasteiger partial charge >= 0.3 is 5.92 Å². The van der Waals surface area contributed by atoms with Gasteiger partial charge in [-0.25, -0.2) is 9.98 Å². The molecule has 4 heterocycles. The zero-order valence-electron chi connectivity index (χ0n) is 18.0. The second-order valence-corrected chi connectivity index (χ2v) is 8.50. The second kappa shape index (κ2) is 8.22. The zero-order valence-corrected chi connectivity index (χ0v) is 18.0. The molecule has 1 spiro atoms. The number of rotatable bonds is 2. The van der Waals surface area contributed by atoms with E-state index in [1.807, 2.05) is 6.07 Å². The number of halogens is 2. The van der Waals surface area contributed by atoms with Crippen LogP contribution in [0.15, 0.2) is 41.5 Å². The average molecular weight is 469 g/mol. The van der Waals surface area contributed by atoms with Crippen molar-refractivity contribution in [3.05, 3.63) is 53.3 Å². The molecule has 176 valence electrons. The average Bonchev–Trinajstić information content (AvgIpc) is 2.97. The highest BCUT2D eigenvalue weighted by molar-refractivity contribution is 6.03. The standard InChI is InChI=1S/C23H21F2N5O4/c24-23(25)12-33-21(27)30-22(23)8-14-5-6-32-11-19(14)34-18-4-2-15(7-16(18)22)29-20(31)17-3-1-13(9-26)10-28-17/h1-4,7,10,14,19H,5-6,8,11-12H2,(H2,27,30)(H,29,31)/t14?,19?,22-/m1/s1. The quantitative estimate of drug-likeness (QED) is 0.691. The van der Waals surface area contributed by atoms with Crippen molar-refractivity contribution in [3.8, 4) is 11.8 Å². The molecule has 5 rings (SSSR count). The van der Waals surface area contributed by atoms with Gasteiger partial charge < -0.3 is 25.3 Å². The maximum absolute atomic E-state index is 15.6. The van der Waals surface area contributed by atoms with Crippen LogP contribution in [0.1, 0.15) is 34.5 Å². The molecule has 0 radical (unpaired) electrons. The lowest BCUT2D eigenvalue weighted by atomic mass is 9.74. The highest BCUT2D eigenvalue weighted by Gasteiger charge is 2.62. The molecule has 2 unspecified atom stereocenters. The van der Waals surface area contributed by atoms with Crippen molar-refractivity contribution in [1.29, 1.82) is 5.26 Å². The van der Waals surface area contributed by atoms with Gasteiger partial charge in [0.15, 0.2) is 12.1 Å². The summed E-state index contributed by atoms with van der Waals surface area (Å²) in [5.74, 6) is -3.94. The summed E-state index contributed by atoms with van der Waals surface area (Å²) in [6, 6.07) is 9.01. The van der Waals surface area contributed by atoms with Gasteiger partial charge in [-0.1, -0.05) is 0 Å². The van der Waals surface area contributed by atoms with Crippen LogP contribution in [-0.4, -0.2) is 48.8 Å². The number of carbonyl (C=O) groups is 1. The first kappa shape index (κ1) is 22.0. The summed E-state index contributed by atoms with van der Waals surface area (Å²) >= 11 is 0. The summed E-state index contributed by atoms with van der Waals surface area (Å²) in [7, 11) is 0. The van der Waals surface area contributed by atoms with Crippen molar-refractivity contribution in [2.75, 3.05) is 25.1 Å². The number of pyridine rings is 1. The molecule has 3 aliphatic rings. The number of nitriles is 1. The Kier molecular flexibility index (Phi) is 5.32. The van der Waals surface area contributed by atoms with Gasteiger partial charge in [0.2, 0.25) is 0 Å². The summed E-state index contributed by atoms with van der Waals surface area (Å²) in [6.45, 7) is -0.192. The Labute approximate surface area is 193 Å². The summed E-state index contributed by atoms with van der Waals surface area (Å²) in [6.07, 6.45) is 1.39. The van der Waals surface area contributed by atoms with Gasteiger partial charge in [-0.3, -0.25) is 4.79 Å². The summed E-state index contributed by atoms with van der Waals surface area (Å²) in [5, 5.41) is 11.6. The van der Waals surface area contributed by atoms with Crippen LogP contribution in [-0.2, 0) is 15.0 Å². The van der Waals surface area contributed by atoms with Crippen molar-refractivity contribution >= 4 is 17.6 Å². The Morgan fingerprint density at radius 1 is 1.29 bits per heavy atom. The number of ether oxygens (including phenoxy) is 3. The van der Waals surface area contributed by atoms with Gasteiger partial charge in [-0.05, 0) is 43.2 Å². The van der Waals surface area contributed by atoms with Crippen LogP contribution in [0, 0.1) is 17.2 Å². The molecule has 3 aliphatic heterocycles. The normalized spacial score (nSPS) is 27.0. The van der Waals surface area contributed by atoms with E-state index in [9.17, 15) is 4.79 Å². The van der Waals surface area contributed by atoms with Gasteiger partial charge in [0, 0.05) is 30.0 Å². The van der Waals surface area contributed by atoms with E-state index in [2.05, 4.69) is 15.3 Å². The predicted octanol–water partition coefficient (Wildman–Crippen LogP) is 2.57. The monoisotopic (exact) mass is 469 g/mol. The topological polar surface area (TPSA) is 132 Å². The number of hydrogen-bond acceptors (Lipinski definition) is 8.